The fourth-order valence-corrected chi connectivity index (χ4v) is 4.67. The number of hydrogen-bond acceptors (Lipinski definition) is 3. The number of para-hydroxylation sites is 1. The van der Waals surface area contributed by atoms with Gasteiger partial charge in [0.05, 0.1) is 23.1 Å². The summed E-state index contributed by atoms with van der Waals surface area (Å²) < 4.78 is 5.02. The molecule has 0 saturated heterocycles. The van der Waals surface area contributed by atoms with E-state index in [9.17, 15) is 9.59 Å². The summed E-state index contributed by atoms with van der Waals surface area (Å²) in [5.41, 5.74) is 4.41. The molecule has 2 aromatic carbocycles. The number of fused-ring (bicyclic) bond motifs is 1. The van der Waals surface area contributed by atoms with E-state index in [1.54, 1.807) is 15.4 Å². The Balaban J connectivity index is 1.46. The highest BCUT2D eigenvalue weighted by molar-refractivity contribution is 5.82. The maximum absolute atomic E-state index is 13.5. The Morgan fingerprint density at radius 1 is 0.971 bits per heavy atom. The topological polar surface area (TPSA) is 77.6 Å². The quantitative estimate of drug-likeness (QED) is 0.418. The van der Waals surface area contributed by atoms with Gasteiger partial charge in [-0.25, -0.2) is 9.48 Å². The molecule has 7 heteroatoms. The molecule has 1 saturated carbocycles. The van der Waals surface area contributed by atoms with E-state index in [1.807, 2.05) is 60.8 Å². The smallest absolute Gasteiger partial charge is 0.331 e. The number of aromatic nitrogens is 5. The molecule has 0 atom stereocenters. The summed E-state index contributed by atoms with van der Waals surface area (Å²) in [6.45, 7) is 0.507. The average Bonchev–Trinajstić information content (AvgIpc) is 3.50. The Bertz CT molecular complexity index is 1570. The van der Waals surface area contributed by atoms with Gasteiger partial charge in [0.25, 0.3) is 5.56 Å². The number of H-pyrrole nitrogens is 1. The summed E-state index contributed by atoms with van der Waals surface area (Å²) in [6.07, 6.45) is 7.21. The maximum Gasteiger partial charge on any atom is 0.331 e. The second-order valence-corrected chi connectivity index (χ2v) is 8.88. The molecule has 0 spiro atoms. The molecule has 6 rings (SSSR count). The predicted octanol–water partition coefficient (Wildman–Crippen LogP) is 4.31. The molecule has 0 unspecified atom stereocenters. The summed E-state index contributed by atoms with van der Waals surface area (Å²) in [4.78, 5) is 30.2. The first-order chi connectivity index (χ1) is 16.7. The van der Waals surface area contributed by atoms with Crippen molar-refractivity contribution in [2.45, 2.75) is 38.3 Å². The van der Waals surface area contributed by atoms with Gasteiger partial charge < -0.3 is 4.98 Å². The van der Waals surface area contributed by atoms with Crippen LogP contribution in [0.3, 0.4) is 0 Å². The highest BCUT2D eigenvalue weighted by Crippen LogP contribution is 2.30. The summed E-state index contributed by atoms with van der Waals surface area (Å²) >= 11 is 0. The molecule has 1 N–H and O–H groups in total. The van der Waals surface area contributed by atoms with Crippen LogP contribution in [0.15, 0.2) is 88.7 Å². The fourth-order valence-electron chi connectivity index (χ4n) is 4.67. The lowest BCUT2D eigenvalue weighted by molar-refractivity contribution is 0.292. The second-order valence-electron chi connectivity index (χ2n) is 8.88. The maximum atomic E-state index is 13.5. The van der Waals surface area contributed by atoms with Crippen LogP contribution in [-0.4, -0.2) is 23.9 Å². The average molecular weight is 452 g/mol. The third-order valence-electron chi connectivity index (χ3n) is 6.78. The molecule has 1 fully saturated rings. The van der Waals surface area contributed by atoms with Crippen molar-refractivity contribution in [2.24, 2.45) is 0 Å². The molecule has 170 valence electrons. The zero-order chi connectivity index (χ0) is 23.1. The Labute approximate surface area is 195 Å². The molecule has 0 aliphatic heterocycles. The van der Waals surface area contributed by atoms with Crippen LogP contribution in [-0.2, 0) is 13.0 Å². The molecule has 34 heavy (non-hydrogen) atoms. The van der Waals surface area contributed by atoms with Gasteiger partial charge in [-0.05, 0) is 49.4 Å². The molecule has 0 bridgehead atoms. The van der Waals surface area contributed by atoms with Crippen LogP contribution in [0.4, 0.5) is 0 Å². The van der Waals surface area contributed by atoms with Gasteiger partial charge >= 0.3 is 5.69 Å². The van der Waals surface area contributed by atoms with Crippen molar-refractivity contribution < 1.29 is 0 Å². The Morgan fingerprint density at radius 2 is 1.71 bits per heavy atom. The second kappa shape index (κ2) is 8.33. The van der Waals surface area contributed by atoms with E-state index in [4.69, 9.17) is 0 Å². The molecule has 1 aliphatic rings. The van der Waals surface area contributed by atoms with Crippen molar-refractivity contribution in [2.75, 3.05) is 0 Å². The number of nitrogens with one attached hydrogen (secondary N) is 1. The Hall–Kier alpha value is -4.13. The van der Waals surface area contributed by atoms with Crippen LogP contribution in [0, 0.1) is 0 Å². The van der Waals surface area contributed by atoms with Crippen molar-refractivity contribution in [3.05, 3.63) is 106 Å². The molecule has 3 aromatic heterocycles. The number of hydrogen-bond donors (Lipinski definition) is 1. The summed E-state index contributed by atoms with van der Waals surface area (Å²) in [5.74, 6) is 0. The Morgan fingerprint density at radius 3 is 2.41 bits per heavy atom. The SMILES string of the molecule is O=c1c2[nH]c(-c3cnn(-c4ccccc4)c3)cc2n(CCc2ccccc2)c(=O)n1C1CCC1. The lowest BCUT2D eigenvalue weighted by atomic mass is 9.93. The zero-order valence-electron chi connectivity index (χ0n) is 18.7. The third-order valence-corrected chi connectivity index (χ3v) is 6.78. The van der Waals surface area contributed by atoms with E-state index in [2.05, 4.69) is 22.2 Å². The van der Waals surface area contributed by atoms with Crippen molar-refractivity contribution in [3.63, 3.8) is 0 Å². The van der Waals surface area contributed by atoms with Gasteiger partial charge in [-0.1, -0.05) is 48.5 Å². The van der Waals surface area contributed by atoms with Crippen LogP contribution >= 0.6 is 0 Å². The number of rotatable bonds is 6. The largest absolute Gasteiger partial charge is 0.349 e. The van der Waals surface area contributed by atoms with E-state index in [1.165, 1.54) is 4.57 Å². The van der Waals surface area contributed by atoms with Gasteiger partial charge in [0.15, 0.2) is 0 Å². The first kappa shape index (κ1) is 20.5. The molecule has 3 heterocycles. The molecular weight excluding hydrogens is 426 g/mol. The monoisotopic (exact) mass is 451 g/mol. The van der Waals surface area contributed by atoms with Crippen LogP contribution in [0.25, 0.3) is 28.0 Å². The number of aromatic amines is 1. The van der Waals surface area contributed by atoms with Gasteiger partial charge in [0, 0.05) is 24.3 Å². The van der Waals surface area contributed by atoms with Crippen molar-refractivity contribution in [3.8, 4) is 16.9 Å². The van der Waals surface area contributed by atoms with Crippen molar-refractivity contribution >= 4 is 11.0 Å². The van der Waals surface area contributed by atoms with Gasteiger partial charge in [0.1, 0.15) is 5.52 Å². The molecule has 0 amide bonds. The predicted molar refractivity (Wildman–Crippen MR) is 132 cm³/mol. The van der Waals surface area contributed by atoms with Gasteiger partial charge in [-0.15, -0.1) is 0 Å². The minimum absolute atomic E-state index is 0.0139. The molecule has 5 aromatic rings. The number of aryl methyl sites for hydroxylation is 2. The highest BCUT2D eigenvalue weighted by atomic mass is 16.2. The van der Waals surface area contributed by atoms with E-state index < -0.39 is 0 Å². The Kier molecular flexibility index (Phi) is 5.02. The van der Waals surface area contributed by atoms with Crippen LogP contribution in [0.1, 0.15) is 30.9 Å². The summed E-state index contributed by atoms with van der Waals surface area (Å²) in [6, 6.07) is 21.9. The van der Waals surface area contributed by atoms with Crippen molar-refractivity contribution in [1.82, 2.24) is 23.9 Å². The van der Waals surface area contributed by atoms with E-state index >= 15 is 0 Å². The first-order valence-electron chi connectivity index (χ1n) is 11.7. The standard InChI is InChI=1S/C27H25N5O2/c33-26-25-24(16-23(29-25)20-17-28-31(18-20)21-10-5-2-6-11-21)30(15-14-19-8-3-1-4-9-19)27(34)32(26)22-12-7-13-22/h1-6,8-11,16-18,22,29H,7,12-15H2. The molecule has 1 aliphatic carbocycles. The third kappa shape index (κ3) is 3.50. The van der Waals surface area contributed by atoms with Gasteiger partial charge in [-0.2, -0.15) is 5.10 Å². The zero-order valence-corrected chi connectivity index (χ0v) is 18.7. The normalized spacial score (nSPS) is 13.9. The van der Waals surface area contributed by atoms with Crippen LogP contribution in [0.5, 0.6) is 0 Å². The number of benzene rings is 2. The summed E-state index contributed by atoms with van der Waals surface area (Å²) in [7, 11) is 0. The fraction of sp³-hybridized carbons (Fsp3) is 0.222. The number of nitrogens with zero attached hydrogens (tertiary/aromatic N) is 4. The van der Waals surface area contributed by atoms with E-state index in [0.29, 0.717) is 24.0 Å². The van der Waals surface area contributed by atoms with Gasteiger partial charge in [0.2, 0.25) is 0 Å². The minimum Gasteiger partial charge on any atom is -0.349 e. The van der Waals surface area contributed by atoms with E-state index in [-0.39, 0.29) is 17.3 Å². The molecule has 7 nitrogen and oxygen atoms in total. The molecular formula is C27H25N5O2. The minimum atomic E-state index is -0.234. The highest BCUT2D eigenvalue weighted by Gasteiger charge is 2.26. The van der Waals surface area contributed by atoms with Gasteiger partial charge in [-0.3, -0.25) is 13.9 Å². The van der Waals surface area contributed by atoms with E-state index in [0.717, 1.165) is 41.8 Å². The lowest BCUT2D eigenvalue weighted by Crippen LogP contribution is -2.44. The lowest BCUT2D eigenvalue weighted by Gasteiger charge is -2.27. The molecule has 0 radical (unpaired) electrons. The van der Waals surface area contributed by atoms with Crippen LogP contribution in [0.2, 0.25) is 0 Å². The van der Waals surface area contributed by atoms with Crippen molar-refractivity contribution in [1.29, 1.82) is 0 Å². The first-order valence-corrected chi connectivity index (χ1v) is 11.7. The summed E-state index contributed by atoms with van der Waals surface area (Å²) in [5, 5.41) is 4.48. The van der Waals surface area contributed by atoms with Crippen LogP contribution < -0.4 is 11.2 Å².